The molecule has 0 bridgehead atoms. The molecule has 4 amide bonds. The number of ether oxygens (including phenoxy) is 3. The first-order valence-corrected chi connectivity index (χ1v) is 8.18. The second-order valence-corrected chi connectivity index (χ2v) is 5.67. The number of amides is 4. The normalized spacial score (nSPS) is 13.3. The molecular formula is C14H32N6O5. The van der Waals surface area contributed by atoms with Gasteiger partial charge in [-0.15, -0.1) is 0 Å². The molecule has 148 valence electrons. The smallest absolute Gasteiger partial charge is 0.328 e. The Hall–Kier alpha value is -1.66. The SMILES string of the molecule is CC(COCCCN(N)C(N)=O)OCC(C)OCCCN(N)C(N)=O. The molecular weight excluding hydrogens is 332 g/mol. The van der Waals surface area contributed by atoms with Crippen LogP contribution < -0.4 is 23.2 Å². The van der Waals surface area contributed by atoms with Crippen molar-refractivity contribution in [2.24, 2.45) is 23.2 Å². The molecule has 11 nitrogen and oxygen atoms in total. The third-order valence-corrected chi connectivity index (χ3v) is 3.17. The second-order valence-electron chi connectivity index (χ2n) is 5.67. The highest BCUT2D eigenvalue weighted by atomic mass is 16.6. The lowest BCUT2D eigenvalue weighted by atomic mass is 10.4. The summed E-state index contributed by atoms with van der Waals surface area (Å²) in [5.41, 5.74) is 10.0. The van der Waals surface area contributed by atoms with E-state index in [0.717, 1.165) is 10.0 Å². The summed E-state index contributed by atoms with van der Waals surface area (Å²) in [6.45, 7) is 6.21. The minimum absolute atomic E-state index is 0.0921. The fourth-order valence-corrected chi connectivity index (χ4v) is 1.72. The van der Waals surface area contributed by atoms with Crippen molar-refractivity contribution in [2.75, 3.05) is 39.5 Å². The maximum absolute atomic E-state index is 10.7. The van der Waals surface area contributed by atoms with Crippen LogP contribution in [0.4, 0.5) is 9.59 Å². The number of rotatable bonds is 14. The van der Waals surface area contributed by atoms with Gasteiger partial charge < -0.3 is 25.7 Å². The average Bonchev–Trinajstić information content (AvgIpc) is 2.55. The number of hydrazine groups is 2. The molecule has 25 heavy (non-hydrogen) atoms. The third kappa shape index (κ3) is 13.3. The maximum Gasteiger partial charge on any atom is 0.328 e. The summed E-state index contributed by atoms with van der Waals surface area (Å²) >= 11 is 0. The van der Waals surface area contributed by atoms with Gasteiger partial charge in [-0.1, -0.05) is 0 Å². The molecule has 0 saturated heterocycles. The second kappa shape index (κ2) is 13.6. The van der Waals surface area contributed by atoms with Crippen LogP contribution >= 0.6 is 0 Å². The Balaban J connectivity index is 3.56. The maximum atomic E-state index is 10.7. The minimum atomic E-state index is -0.668. The zero-order chi connectivity index (χ0) is 19.2. The number of urea groups is 2. The van der Waals surface area contributed by atoms with Gasteiger partial charge in [0.15, 0.2) is 0 Å². The number of primary amides is 2. The van der Waals surface area contributed by atoms with E-state index in [0.29, 0.717) is 52.4 Å². The largest absolute Gasteiger partial charge is 0.379 e. The van der Waals surface area contributed by atoms with Crippen molar-refractivity contribution in [1.82, 2.24) is 10.0 Å². The summed E-state index contributed by atoms with van der Waals surface area (Å²) < 4.78 is 16.6. The molecule has 0 spiro atoms. The van der Waals surface area contributed by atoms with Gasteiger partial charge >= 0.3 is 12.1 Å². The van der Waals surface area contributed by atoms with E-state index in [1.807, 2.05) is 13.8 Å². The van der Waals surface area contributed by atoms with Crippen LogP contribution in [0, 0.1) is 0 Å². The lowest BCUT2D eigenvalue weighted by molar-refractivity contribution is -0.0580. The van der Waals surface area contributed by atoms with E-state index in [1.54, 1.807) is 0 Å². The van der Waals surface area contributed by atoms with Gasteiger partial charge in [0, 0.05) is 26.3 Å². The number of nitrogens with two attached hydrogens (primary N) is 4. The predicted molar refractivity (Wildman–Crippen MR) is 91.8 cm³/mol. The van der Waals surface area contributed by atoms with Gasteiger partial charge in [-0.2, -0.15) is 0 Å². The molecule has 0 saturated carbocycles. The predicted octanol–water partition coefficient (Wildman–Crippen LogP) is -0.898. The molecule has 0 aliphatic carbocycles. The monoisotopic (exact) mass is 364 g/mol. The van der Waals surface area contributed by atoms with Crippen molar-refractivity contribution in [3.63, 3.8) is 0 Å². The Bertz CT molecular complexity index is 387. The lowest BCUT2D eigenvalue weighted by Gasteiger charge is -2.19. The van der Waals surface area contributed by atoms with Crippen molar-refractivity contribution in [1.29, 1.82) is 0 Å². The number of hydrogen-bond acceptors (Lipinski definition) is 7. The molecule has 0 aromatic heterocycles. The Morgan fingerprint density at radius 1 is 0.840 bits per heavy atom. The number of carbonyl (C=O) groups is 2. The zero-order valence-electron chi connectivity index (χ0n) is 15.1. The van der Waals surface area contributed by atoms with Crippen molar-refractivity contribution >= 4 is 12.1 Å². The van der Waals surface area contributed by atoms with E-state index >= 15 is 0 Å². The van der Waals surface area contributed by atoms with Crippen LogP contribution in [0.25, 0.3) is 0 Å². The van der Waals surface area contributed by atoms with E-state index in [4.69, 9.17) is 37.4 Å². The van der Waals surface area contributed by atoms with E-state index in [2.05, 4.69) is 0 Å². The molecule has 0 aliphatic heterocycles. The first-order valence-electron chi connectivity index (χ1n) is 8.18. The standard InChI is InChI=1S/C14H32N6O5/c1-11(9-23-7-3-5-19(17)13(15)21)25-10-12(2)24-8-4-6-20(18)14(16)22/h11-12H,3-10,17-18H2,1-2H3,(H2,15,21)(H2,16,22). The van der Waals surface area contributed by atoms with Crippen LogP contribution in [0.15, 0.2) is 0 Å². The van der Waals surface area contributed by atoms with Crippen LogP contribution in [0.5, 0.6) is 0 Å². The summed E-state index contributed by atoms with van der Waals surface area (Å²) in [6.07, 6.45) is 0.996. The van der Waals surface area contributed by atoms with E-state index in [9.17, 15) is 9.59 Å². The quantitative estimate of drug-likeness (QED) is 0.134. The van der Waals surface area contributed by atoms with Gasteiger partial charge in [-0.3, -0.25) is 10.0 Å². The van der Waals surface area contributed by atoms with Crippen LogP contribution in [0.2, 0.25) is 0 Å². The highest BCUT2D eigenvalue weighted by Gasteiger charge is 2.09. The van der Waals surface area contributed by atoms with Crippen LogP contribution in [-0.2, 0) is 14.2 Å². The summed E-state index contributed by atoms with van der Waals surface area (Å²) in [6, 6.07) is -1.33. The van der Waals surface area contributed by atoms with Crippen LogP contribution in [0.3, 0.4) is 0 Å². The first-order chi connectivity index (χ1) is 11.7. The van der Waals surface area contributed by atoms with Gasteiger partial charge in [-0.05, 0) is 26.7 Å². The average molecular weight is 364 g/mol. The van der Waals surface area contributed by atoms with E-state index < -0.39 is 12.1 Å². The minimum Gasteiger partial charge on any atom is -0.379 e. The van der Waals surface area contributed by atoms with Gasteiger partial charge in [0.25, 0.3) is 0 Å². The third-order valence-electron chi connectivity index (χ3n) is 3.17. The Kier molecular flexibility index (Phi) is 12.7. The van der Waals surface area contributed by atoms with Gasteiger partial charge in [0.2, 0.25) is 0 Å². The lowest BCUT2D eigenvalue weighted by Crippen LogP contribution is -2.42. The fourth-order valence-electron chi connectivity index (χ4n) is 1.72. The molecule has 0 aliphatic rings. The molecule has 0 radical (unpaired) electrons. The summed E-state index contributed by atoms with van der Waals surface area (Å²) in [4.78, 5) is 21.4. The topological polar surface area (TPSA) is 172 Å². The van der Waals surface area contributed by atoms with E-state index in [-0.39, 0.29) is 12.2 Å². The van der Waals surface area contributed by atoms with Crippen molar-refractivity contribution in [3.8, 4) is 0 Å². The summed E-state index contributed by atoms with van der Waals surface area (Å²) in [5.74, 6) is 10.7. The number of hydrogen-bond donors (Lipinski definition) is 4. The van der Waals surface area contributed by atoms with Crippen molar-refractivity contribution < 1.29 is 23.8 Å². The summed E-state index contributed by atoms with van der Waals surface area (Å²) in [5, 5.41) is 1.88. The Labute approximate surface area is 148 Å². The number of nitrogens with zero attached hydrogens (tertiary/aromatic N) is 2. The van der Waals surface area contributed by atoms with Gasteiger partial charge in [0.1, 0.15) is 0 Å². The molecule has 11 heteroatoms. The molecule has 0 heterocycles. The molecule has 0 aromatic carbocycles. The first kappa shape index (κ1) is 23.3. The van der Waals surface area contributed by atoms with Crippen molar-refractivity contribution in [2.45, 2.75) is 38.9 Å². The molecule has 2 atom stereocenters. The highest BCUT2D eigenvalue weighted by molar-refractivity contribution is 5.71. The molecule has 0 aromatic rings. The van der Waals surface area contributed by atoms with Crippen LogP contribution in [0.1, 0.15) is 26.7 Å². The zero-order valence-corrected chi connectivity index (χ0v) is 15.1. The Morgan fingerprint density at radius 2 is 1.32 bits per heavy atom. The molecule has 0 fully saturated rings. The van der Waals surface area contributed by atoms with Gasteiger partial charge in [0.05, 0.1) is 25.4 Å². The summed E-state index contributed by atoms with van der Waals surface area (Å²) in [7, 11) is 0. The van der Waals surface area contributed by atoms with E-state index in [1.165, 1.54) is 0 Å². The van der Waals surface area contributed by atoms with Crippen molar-refractivity contribution in [3.05, 3.63) is 0 Å². The number of carbonyl (C=O) groups excluding carboxylic acids is 2. The molecule has 8 N–H and O–H groups in total. The Morgan fingerprint density at radius 3 is 1.84 bits per heavy atom. The molecule has 2 unspecified atom stereocenters. The fraction of sp³-hybridized carbons (Fsp3) is 0.857. The highest BCUT2D eigenvalue weighted by Crippen LogP contribution is 1.99. The van der Waals surface area contributed by atoms with Crippen LogP contribution in [-0.4, -0.2) is 73.8 Å². The van der Waals surface area contributed by atoms with Gasteiger partial charge in [-0.25, -0.2) is 21.3 Å². The molecule has 0 rings (SSSR count).